The number of amides is 4. The van der Waals surface area contributed by atoms with E-state index in [2.05, 4.69) is 16.1 Å². The fourth-order valence-electron chi connectivity index (χ4n) is 5.35. The highest BCUT2D eigenvalue weighted by Crippen LogP contribution is 2.37. The van der Waals surface area contributed by atoms with Gasteiger partial charge in [-0.1, -0.05) is 11.6 Å². The number of piperidine rings is 1. The van der Waals surface area contributed by atoms with Crippen LogP contribution in [0.4, 0.5) is 22.4 Å². The Morgan fingerprint density at radius 2 is 1.95 bits per heavy atom. The van der Waals surface area contributed by atoms with E-state index in [1.807, 2.05) is 0 Å². The molecular formula is C23H24ClF4N5O5. The van der Waals surface area contributed by atoms with E-state index >= 15 is 4.39 Å². The quantitative estimate of drug-likeness (QED) is 0.372. The molecule has 0 aromatic heterocycles. The number of hydrogen-bond donors (Lipinski definition) is 3. The smallest absolute Gasteiger partial charge is 0.407 e. The fourth-order valence-corrected chi connectivity index (χ4v) is 5.63. The third-order valence-corrected chi connectivity index (χ3v) is 7.71. The molecule has 10 nitrogen and oxygen atoms in total. The first kappa shape index (κ1) is 26.6. The van der Waals surface area contributed by atoms with Crippen molar-refractivity contribution in [2.45, 2.75) is 75.6 Å². The monoisotopic (exact) mass is 561 g/mol. The number of carbonyl (C=O) groups excluding carboxylic acids is 4. The molecule has 38 heavy (non-hydrogen) atoms. The lowest BCUT2D eigenvalue weighted by atomic mass is 9.88. The largest absolute Gasteiger partial charge is 0.446 e. The van der Waals surface area contributed by atoms with Gasteiger partial charge in [0.2, 0.25) is 11.8 Å². The minimum atomic E-state index is -4.35. The van der Waals surface area contributed by atoms with Crippen LogP contribution in [-0.2, 0) is 27.4 Å². The number of alkyl halides is 3. The second kappa shape index (κ2) is 9.97. The van der Waals surface area contributed by atoms with Crippen LogP contribution in [0.15, 0.2) is 6.07 Å². The minimum absolute atomic E-state index is 0.0449. The Bertz CT molecular complexity index is 1190. The summed E-state index contributed by atoms with van der Waals surface area (Å²) in [4.78, 5) is 50.0. The van der Waals surface area contributed by atoms with Crippen molar-refractivity contribution >= 4 is 35.4 Å². The topological polar surface area (TPSA) is 120 Å². The highest BCUT2D eigenvalue weighted by molar-refractivity contribution is 6.32. The minimum Gasteiger partial charge on any atom is -0.446 e. The van der Waals surface area contributed by atoms with Crippen molar-refractivity contribution in [1.82, 2.24) is 26.0 Å². The lowest BCUT2D eigenvalue weighted by Gasteiger charge is -2.42. The molecule has 3 heterocycles. The van der Waals surface area contributed by atoms with Gasteiger partial charge in [0.15, 0.2) is 0 Å². The Kier molecular flexibility index (Phi) is 6.99. The number of ether oxygens (including phenoxy) is 1. The molecule has 3 N–H and O–H groups in total. The van der Waals surface area contributed by atoms with E-state index in [1.165, 1.54) is 16.0 Å². The highest BCUT2D eigenvalue weighted by atomic mass is 35.5. The SMILES string of the molecule is O=C1CC[C@H](N2Cc3c(Cl)cc(CNC(=O)OC4CC(N5NCCC5C(F)(F)F)C4)c(F)c3C2=O)C(=O)N1. The van der Waals surface area contributed by atoms with Gasteiger partial charge in [-0.05, 0) is 18.9 Å². The molecule has 4 aliphatic rings. The van der Waals surface area contributed by atoms with Crippen molar-refractivity contribution in [2.24, 2.45) is 0 Å². The number of hydrogen-bond acceptors (Lipinski definition) is 7. The number of carbonyl (C=O) groups is 4. The number of imide groups is 1. The van der Waals surface area contributed by atoms with Gasteiger partial charge < -0.3 is 15.0 Å². The van der Waals surface area contributed by atoms with E-state index in [0.29, 0.717) is 0 Å². The Hall–Kier alpha value is -2.97. The predicted octanol–water partition coefficient (Wildman–Crippen LogP) is 2.14. The maximum atomic E-state index is 15.3. The van der Waals surface area contributed by atoms with Gasteiger partial charge in [0, 0.05) is 61.1 Å². The second-order valence-electron chi connectivity index (χ2n) is 9.75. The normalized spacial score (nSPS) is 27.7. The summed E-state index contributed by atoms with van der Waals surface area (Å²) in [5, 5.41) is 5.80. The summed E-state index contributed by atoms with van der Waals surface area (Å²) in [6.45, 7) is -0.241. The first-order valence-electron chi connectivity index (χ1n) is 12.1. The van der Waals surface area contributed by atoms with E-state index in [0.717, 1.165) is 0 Å². The maximum absolute atomic E-state index is 15.3. The van der Waals surface area contributed by atoms with Gasteiger partial charge >= 0.3 is 12.3 Å². The summed E-state index contributed by atoms with van der Waals surface area (Å²) in [6, 6.07) is -1.67. The van der Waals surface area contributed by atoms with E-state index in [4.69, 9.17) is 16.3 Å². The molecule has 3 fully saturated rings. The number of fused-ring (bicyclic) bond motifs is 1. The zero-order valence-corrected chi connectivity index (χ0v) is 20.6. The number of hydrazine groups is 1. The highest BCUT2D eigenvalue weighted by Gasteiger charge is 2.51. The van der Waals surface area contributed by atoms with Crippen molar-refractivity contribution in [3.8, 4) is 0 Å². The summed E-state index contributed by atoms with van der Waals surface area (Å²) in [7, 11) is 0. The molecule has 0 spiro atoms. The molecular weight excluding hydrogens is 538 g/mol. The predicted molar refractivity (Wildman–Crippen MR) is 122 cm³/mol. The molecule has 0 radical (unpaired) electrons. The number of rotatable bonds is 5. The molecule has 1 aromatic rings. The van der Waals surface area contributed by atoms with Crippen LogP contribution in [0, 0.1) is 5.82 Å². The number of alkyl carbamates (subject to hydrolysis) is 1. The van der Waals surface area contributed by atoms with Crippen LogP contribution in [0.3, 0.4) is 0 Å². The fraction of sp³-hybridized carbons (Fsp3) is 0.565. The summed E-state index contributed by atoms with van der Waals surface area (Å²) >= 11 is 6.29. The molecule has 3 aliphatic heterocycles. The van der Waals surface area contributed by atoms with Crippen molar-refractivity contribution in [2.75, 3.05) is 6.54 Å². The molecule has 0 bridgehead atoms. The van der Waals surface area contributed by atoms with Crippen molar-refractivity contribution in [1.29, 1.82) is 0 Å². The molecule has 5 rings (SSSR count). The number of nitrogens with zero attached hydrogens (tertiary/aromatic N) is 2. The summed E-state index contributed by atoms with van der Waals surface area (Å²) in [6.07, 6.45) is -5.29. The number of nitrogens with one attached hydrogen (secondary N) is 3. The first-order valence-corrected chi connectivity index (χ1v) is 12.5. The average Bonchev–Trinajstić information content (AvgIpc) is 3.43. The van der Waals surface area contributed by atoms with E-state index in [-0.39, 0.29) is 73.5 Å². The van der Waals surface area contributed by atoms with Crippen molar-refractivity contribution in [3.63, 3.8) is 0 Å². The molecule has 1 aromatic carbocycles. The molecule has 1 saturated carbocycles. The van der Waals surface area contributed by atoms with Crippen LogP contribution in [-0.4, -0.2) is 70.7 Å². The van der Waals surface area contributed by atoms with Crippen LogP contribution >= 0.6 is 11.6 Å². The Balaban J connectivity index is 1.16. The van der Waals surface area contributed by atoms with E-state index in [9.17, 15) is 32.3 Å². The second-order valence-corrected chi connectivity index (χ2v) is 10.2. The molecule has 2 atom stereocenters. The van der Waals surface area contributed by atoms with Crippen molar-refractivity contribution in [3.05, 3.63) is 33.6 Å². The standard InChI is InChI=1S/C23H24ClF4N5O5/c24-14-5-10(19(25)18-13(14)9-32(21(18)36)15-1-2-17(34)31-20(15)35)8-29-22(37)38-12-6-11(7-12)33-16(3-4-30-33)23(26,27)28/h5,11-12,15-16,30H,1-4,6-9H2,(H,29,37)(H,31,34,35)/t11?,12?,15-,16?/m0/s1. The van der Waals surface area contributed by atoms with E-state index < -0.39 is 60.0 Å². The molecule has 1 aliphatic carbocycles. The Labute approximate surface area is 218 Å². The van der Waals surface area contributed by atoms with Gasteiger partial charge in [0.05, 0.1) is 5.56 Å². The maximum Gasteiger partial charge on any atom is 0.407 e. The van der Waals surface area contributed by atoms with Gasteiger partial charge in [0.1, 0.15) is 24.0 Å². The van der Waals surface area contributed by atoms with Gasteiger partial charge in [-0.15, -0.1) is 0 Å². The average molecular weight is 562 g/mol. The molecule has 4 amide bonds. The van der Waals surface area contributed by atoms with Gasteiger partial charge in [-0.2, -0.15) is 13.2 Å². The Morgan fingerprint density at radius 1 is 1.21 bits per heavy atom. The molecule has 2 saturated heterocycles. The number of halogens is 5. The lowest BCUT2D eigenvalue weighted by Crippen LogP contribution is -2.57. The number of benzene rings is 1. The van der Waals surface area contributed by atoms with Gasteiger partial charge in [-0.3, -0.25) is 25.1 Å². The molecule has 206 valence electrons. The molecule has 15 heteroatoms. The van der Waals surface area contributed by atoms with Crippen molar-refractivity contribution < 1.29 is 41.5 Å². The Morgan fingerprint density at radius 3 is 2.63 bits per heavy atom. The third-order valence-electron chi connectivity index (χ3n) is 7.37. The van der Waals surface area contributed by atoms with Gasteiger partial charge in [0.25, 0.3) is 5.91 Å². The van der Waals surface area contributed by atoms with Crippen LogP contribution in [0.1, 0.15) is 53.6 Å². The summed E-state index contributed by atoms with van der Waals surface area (Å²) in [5.41, 5.74) is 2.56. The van der Waals surface area contributed by atoms with Crippen LogP contribution in [0.25, 0.3) is 0 Å². The van der Waals surface area contributed by atoms with Crippen LogP contribution in [0.2, 0.25) is 5.02 Å². The summed E-state index contributed by atoms with van der Waals surface area (Å²) in [5.74, 6) is -2.73. The van der Waals surface area contributed by atoms with Crippen LogP contribution < -0.4 is 16.1 Å². The van der Waals surface area contributed by atoms with Crippen LogP contribution in [0.5, 0.6) is 0 Å². The van der Waals surface area contributed by atoms with E-state index in [1.54, 1.807) is 0 Å². The zero-order valence-electron chi connectivity index (χ0n) is 19.9. The summed E-state index contributed by atoms with van der Waals surface area (Å²) < 4.78 is 60.0. The third kappa shape index (κ3) is 4.92. The van der Waals surface area contributed by atoms with Gasteiger partial charge in [-0.25, -0.2) is 14.2 Å². The molecule has 1 unspecified atom stereocenters. The lowest BCUT2D eigenvalue weighted by molar-refractivity contribution is -0.195. The zero-order chi connectivity index (χ0) is 27.4. The first-order chi connectivity index (χ1) is 17.9.